The molecule has 0 heterocycles. The van der Waals surface area contributed by atoms with Crippen molar-refractivity contribution in [2.24, 2.45) is 0 Å². The Bertz CT molecular complexity index is 231. The molecule has 5 nitrogen and oxygen atoms in total. The van der Waals surface area contributed by atoms with Crippen molar-refractivity contribution in [1.82, 2.24) is 0 Å². The van der Waals surface area contributed by atoms with Crippen molar-refractivity contribution in [3.05, 3.63) is 24.0 Å². The lowest BCUT2D eigenvalue weighted by Crippen LogP contribution is -1.98. The second-order valence-corrected chi connectivity index (χ2v) is 3.46. The maximum absolute atomic E-state index is 9.93. The third-order valence-electron chi connectivity index (χ3n) is 1.37. The van der Waals surface area contributed by atoms with E-state index in [1.165, 1.54) is 13.0 Å². The Morgan fingerprint density at radius 3 is 1.88 bits per heavy atom. The van der Waals surface area contributed by atoms with Crippen LogP contribution in [0.4, 0.5) is 0 Å². The highest BCUT2D eigenvalue weighted by Crippen LogP contribution is 2.01. The monoisotopic (exact) mass is 248 g/mol. The molecule has 0 aliphatic heterocycles. The quantitative estimate of drug-likeness (QED) is 0.300. The summed E-state index contributed by atoms with van der Waals surface area (Å²) >= 11 is 0. The van der Waals surface area contributed by atoms with E-state index in [1.807, 2.05) is 0 Å². The van der Waals surface area contributed by atoms with E-state index in [4.69, 9.17) is 14.2 Å². The largest absolute Gasteiger partial charge is 0.500 e. The van der Waals surface area contributed by atoms with Gasteiger partial charge in [0.1, 0.15) is 12.0 Å². The van der Waals surface area contributed by atoms with Crippen LogP contribution in [-0.2, 0) is 23.7 Å². The molecule has 0 bridgehead atoms. The third-order valence-corrected chi connectivity index (χ3v) is 2.19. The molecule has 0 unspecified atom stereocenters. The van der Waals surface area contributed by atoms with E-state index in [0.29, 0.717) is 12.6 Å². The van der Waals surface area contributed by atoms with Crippen molar-refractivity contribution in [3.63, 3.8) is 0 Å². The summed E-state index contributed by atoms with van der Waals surface area (Å²) in [5, 5.41) is 0.778. The standard InChI is InChI=1S/C5H12O3Si.C5H8O2/c1-6-4(7-2)5(9)8-3;1-3-4-7-5(2)6/h1-3,9H3;3H,1,4H2,2H3. The average molecular weight is 248 g/mol. The molecule has 0 saturated carbocycles. The van der Waals surface area contributed by atoms with Crippen LogP contribution >= 0.6 is 0 Å². The molecule has 0 spiro atoms. The molecule has 0 amide bonds. The number of hydrogen-bond acceptors (Lipinski definition) is 5. The van der Waals surface area contributed by atoms with Gasteiger partial charge in [0.15, 0.2) is 0 Å². The number of hydrogen-bond donors (Lipinski definition) is 0. The molecule has 0 atom stereocenters. The average Bonchev–Trinajstić information content (AvgIpc) is 2.28. The summed E-state index contributed by atoms with van der Waals surface area (Å²) in [6.45, 7) is 5.03. The van der Waals surface area contributed by atoms with Crippen LogP contribution < -0.4 is 0 Å². The van der Waals surface area contributed by atoms with E-state index in [9.17, 15) is 4.79 Å². The van der Waals surface area contributed by atoms with E-state index >= 15 is 0 Å². The van der Waals surface area contributed by atoms with E-state index in [2.05, 4.69) is 11.3 Å². The summed E-state index contributed by atoms with van der Waals surface area (Å²) in [6, 6.07) is 0. The van der Waals surface area contributed by atoms with Gasteiger partial charge >= 0.3 is 11.9 Å². The number of carbonyl (C=O) groups is 1. The first-order valence-electron chi connectivity index (χ1n) is 4.60. The molecule has 0 aromatic heterocycles. The van der Waals surface area contributed by atoms with Gasteiger partial charge in [0.25, 0.3) is 0 Å². The Balaban J connectivity index is 0. The summed E-state index contributed by atoms with van der Waals surface area (Å²) in [7, 11) is 5.50. The summed E-state index contributed by atoms with van der Waals surface area (Å²) in [6.07, 6.45) is 1.53. The number of carbonyl (C=O) groups excluding carboxylic acids is 1. The molecule has 6 heteroatoms. The number of esters is 1. The molecule has 0 saturated heterocycles. The fourth-order valence-corrected chi connectivity index (χ4v) is 1.04. The van der Waals surface area contributed by atoms with Crippen molar-refractivity contribution in [2.75, 3.05) is 27.9 Å². The Morgan fingerprint density at radius 2 is 1.75 bits per heavy atom. The number of ether oxygens (including phenoxy) is 4. The van der Waals surface area contributed by atoms with Crippen LogP contribution in [0.3, 0.4) is 0 Å². The molecule has 0 radical (unpaired) electrons. The normalized spacial score (nSPS) is 8.00. The summed E-state index contributed by atoms with van der Waals surface area (Å²) in [5.74, 6) is 0.212. The molecule has 94 valence electrons. The second kappa shape index (κ2) is 11.6. The van der Waals surface area contributed by atoms with Gasteiger partial charge in [-0.25, -0.2) is 0 Å². The van der Waals surface area contributed by atoms with Crippen molar-refractivity contribution in [1.29, 1.82) is 0 Å². The van der Waals surface area contributed by atoms with Gasteiger partial charge in [-0.1, -0.05) is 12.7 Å². The van der Waals surface area contributed by atoms with Crippen molar-refractivity contribution in [2.45, 2.75) is 6.92 Å². The smallest absolute Gasteiger partial charge is 0.311 e. The van der Waals surface area contributed by atoms with Crippen LogP contribution in [0.1, 0.15) is 6.92 Å². The van der Waals surface area contributed by atoms with Crippen LogP contribution in [0.2, 0.25) is 0 Å². The van der Waals surface area contributed by atoms with Crippen molar-refractivity contribution in [3.8, 4) is 0 Å². The molecule has 0 rings (SSSR count). The summed E-state index contributed by atoms with van der Waals surface area (Å²) < 4.78 is 19.0. The highest BCUT2D eigenvalue weighted by molar-refractivity contribution is 6.20. The van der Waals surface area contributed by atoms with E-state index in [1.54, 1.807) is 21.3 Å². The van der Waals surface area contributed by atoms with Gasteiger partial charge in [0.2, 0.25) is 0 Å². The highest BCUT2D eigenvalue weighted by Gasteiger charge is 1.98. The fraction of sp³-hybridized carbons (Fsp3) is 0.500. The fourth-order valence-electron chi connectivity index (χ4n) is 0.630. The van der Waals surface area contributed by atoms with E-state index in [-0.39, 0.29) is 5.97 Å². The molecular formula is C10H20O5Si. The summed E-state index contributed by atoms with van der Waals surface area (Å²) in [5.41, 5.74) is 0. The zero-order chi connectivity index (χ0) is 13.0. The van der Waals surface area contributed by atoms with Gasteiger partial charge in [0, 0.05) is 6.92 Å². The minimum atomic E-state index is -0.264. The van der Waals surface area contributed by atoms with E-state index < -0.39 is 0 Å². The van der Waals surface area contributed by atoms with E-state index in [0.717, 1.165) is 15.6 Å². The zero-order valence-electron chi connectivity index (χ0n) is 10.5. The molecule has 0 aromatic carbocycles. The van der Waals surface area contributed by atoms with Crippen molar-refractivity contribution < 1.29 is 23.7 Å². The Morgan fingerprint density at radius 1 is 1.25 bits per heavy atom. The van der Waals surface area contributed by atoms with Gasteiger partial charge in [0.05, 0.1) is 31.6 Å². The Hall–Kier alpha value is -1.43. The minimum absolute atomic E-state index is 0.264. The lowest BCUT2D eigenvalue weighted by atomic mass is 10.7. The minimum Gasteiger partial charge on any atom is -0.500 e. The second-order valence-electron chi connectivity index (χ2n) is 2.55. The van der Waals surface area contributed by atoms with Gasteiger partial charge in [-0.15, -0.1) is 0 Å². The Labute approximate surface area is 99.4 Å². The predicted octanol–water partition coefficient (Wildman–Crippen LogP) is 0.153. The molecule has 0 aliphatic carbocycles. The third kappa shape index (κ3) is 10.6. The molecular weight excluding hydrogens is 228 g/mol. The predicted molar refractivity (Wildman–Crippen MR) is 64.8 cm³/mol. The van der Waals surface area contributed by atoms with Gasteiger partial charge < -0.3 is 18.9 Å². The molecule has 0 aromatic rings. The molecule has 0 N–H and O–H groups in total. The van der Waals surface area contributed by atoms with Crippen molar-refractivity contribution >= 4 is 16.2 Å². The maximum atomic E-state index is 9.93. The Kier molecular flexibility index (Phi) is 12.4. The number of methoxy groups -OCH3 is 3. The van der Waals surface area contributed by atoms with Crippen LogP contribution in [0, 0.1) is 0 Å². The first kappa shape index (κ1) is 17.0. The lowest BCUT2D eigenvalue weighted by Gasteiger charge is -2.06. The van der Waals surface area contributed by atoms with Gasteiger partial charge in [-0.05, 0) is 0 Å². The SMILES string of the molecule is C=CCOC(C)=O.COC([SiH3])=C(OC)OC. The van der Waals surface area contributed by atoms with Gasteiger partial charge in [-0.2, -0.15) is 0 Å². The van der Waals surface area contributed by atoms with Crippen LogP contribution in [0.15, 0.2) is 24.0 Å². The lowest BCUT2D eigenvalue weighted by molar-refractivity contribution is -0.139. The van der Waals surface area contributed by atoms with Crippen LogP contribution in [-0.4, -0.2) is 44.1 Å². The highest BCUT2D eigenvalue weighted by atomic mass is 28.1. The topological polar surface area (TPSA) is 54.0 Å². The zero-order valence-corrected chi connectivity index (χ0v) is 12.5. The van der Waals surface area contributed by atoms with Crippen LogP contribution in [0.25, 0.3) is 0 Å². The van der Waals surface area contributed by atoms with Gasteiger partial charge in [-0.3, -0.25) is 4.79 Å². The summed E-state index contributed by atoms with van der Waals surface area (Å²) in [4.78, 5) is 9.93. The van der Waals surface area contributed by atoms with Crippen LogP contribution in [0.5, 0.6) is 0 Å². The molecule has 0 fully saturated rings. The first-order chi connectivity index (χ1) is 7.53. The first-order valence-corrected chi connectivity index (χ1v) is 5.60. The maximum Gasteiger partial charge on any atom is 0.311 e. The molecule has 0 aliphatic rings. The molecule has 16 heavy (non-hydrogen) atoms. The number of rotatable bonds is 5.